The molecule has 0 aliphatic carbocycles. The number of aromatic nitrogens is 1. The summed E-state index contributed by atoms with van der Waals surface area (Å²) in [6.45, 7) is 5.94. The Morgan fingerprint density at radius 3 is 2.63 bits per heavy atom. The zero-order valence-electron chi connectivity index (χ0n) is 15.8. The number of methoxy groups -OCH3 is 1. The fraction of sp³-hybridized carbons (Fsp3) is 0.368. The van der Waals surface area contributed by atoms with Crippen LogP contribution in [0.25, 0.3) is 0 Å². The van der Waals surface area contributed by atoms with E-state index in [-0.39, 0.29) is 24.0 Å². The van der Waals surface area contributed by atoms with Gasteiger partial charge in [-0.25, -0.2) is 4.98 Å². The fourth-order valence-corrected chi connectivity index (χ4v) is 2.43. The van der Waals surface area contributed by atoms with Crippen molar-refractivity contribution in [2.24, 2.45) is 4.99 Å². The van der Waals surface area contributed by atoms with Crippen LogP contribution in [-0.2, 0) is 6.42 Å². The summed E-state index contributed by atoms with van der Waals surface area (Å²) in [7, 11) is 1.63. The van der Waals surface area contributed by atoms with E-state index in [0.29, 0.717) is 35.8 Å². The third-order valence-corrected chi connectivity index (χ3v) is 3.75. The van der Waals surface area contributed by atoms with Crippen molar-refractivity contribution in [3.8, 4) is 11.5 Å². The lowest BCUT2D eigenvalue weighted by Crippen LogP contribution is -2.30. The summed E-state index contributed by atoms with van der Waals surface area (Å²) in [5, 5.41) is 7.03. The summed E-state index contributed by atoms with van der Waals surface area (Å²) in [5.74, 6) is 2.11. The summed E-state index contributed by atoms with van der Waals surface area (Å²) < 4.78 is 10.9. The first-order valence-corrected chi connectivity index (χ1v) is 9.00. The molecule has 0 radical (unpaired) electrons. The molecule has 27 heavy (non-hydrogen) atoms. The van der Waals surface area contributed by atoms with Crippen LogP contribution >= 0.6 is 35.6 Å². The molecule has 0 fully saturated rings. The molecule has 2 rings (SSSR count). The summed E-state index contributed by atoms with van der Waals surface area (Å²) in [6, 6.07) is 9.45. The first-order valence-electron chi connectivity index (χ1n) is 8.62. The van der Waals surface area contributed by atoms with Gasteiger partial charge in [-0.15, -0.1) is 24.0 Å². The minimum Gasteiger partial charge on any atom is -0.493 e. The van der Waals surface area contributed by atoms with Crippen LogP contribution in [0.5, 0.6) is 11.5 Å². The number of nitrogens with zero attached hydrogens (tertiary/aromatic N) is 2. The second kappa shape index (κ2) is 12.6. The van der Waals surface area contributed by atoms with E-state index in [9.17, 15) is 0 Å². The van der Waals surface area contributed by atoms with Gasteiger partial charge in [0.1, 0.15) is 5.15 Å². The zero-order valence-corrected chi connectivity index (χ0v) is 18.9. The van der Waals surface area contributed by atoms with E-state index in [2.05, 4.69) is 20.6 Å². The van der Waals surface area contributed by atoms with Gasteiger partial charge >= 0.3 is 0 Å². The van der Waals surface area contributed by atoms with Crippen LogP contribution in [0.2, 0.25) is 5.15 Å². The van der Waals surface area contributed by atoms with E-state index in [1.54, 1.807) is 19.4 Å². The van der Waals surface area contributed by atoms with E-state index in [0.717, 1.165) is 24.2 Å². The maximum atomic E-state index is 5.81. The van der Waals surface area contributed by atoms with Crippen molar-refractivity contribution >= 4 is 47.2 Å². The Morgan fingerprint density at radius 2 is 2.00 bits per heavy atom. The molecule has 0 unspecified atom stereocenters. The van der Waals surface area contributed by atoms with Crippen LogP contribution in [0.15, 0.2) is 41.5 Å². The molecule has 8 heteroatoms. The van der Waals surface area contributed by atoms with Crippen LogP contribution in [0.1, 0.15) is 19.4 Å². The molecule has 1 aromatic heterocycles. The molecule has 2 N–H and O–H groups in total. The fourth-order valence-electron chi connectivity index (χ4n) is 2.32. The highest BCUT2D eigenvalue weighted by atomic mass is 127. The smallest absolute Gasteiger partial charge is 0.195 e. The second-order valence-electron chi connectivity index (χ2n) is 5.42. The van der Waals surface area contributed by atoms with Crippen molar-refractivity contribution < 1.29 is 9.47 Å². The van der Waals surface area contributed by atoms with Crippen molar-refractivity contribution in [1.29, 1.82) is 0 Å². The summed E-state index contributed by atoms with van der Waals surface area (Å²) in [5.41, 5.74) is 1.97. The largest absolute Gasteiger partial charge is 0.493 e. The van der Waals surface area contributed by atoms with Crippen molar-refractivity contribution in [2.75, 3.05) is 32.1 Å². The van der Waals surface area contributed by atoms with E-state index >= 15 is 0 Å². The first kappa shape index (κ1) is 23.3. The normalized spacial score (nSPS) is 10.7. The summed E-state index contributed by atoms with van der Waals surface area (Å²) >= 11 is 5.81. The molecule has 148 valence electrons. The van der Waals surface area contributed by atoms with Crippen LogP contribution < -0.4 is 20.1 Å². The highest BCUT2D eigenvalue weighted by Gasteiger charge is 2.07. The van der Waals surface area contributed by atoms with Gasteiger partial charge in [0.15, 0.2) is 17.5 Å². The average molecular weight is 505 g/mol. The highest BCUT2D eigenvalue weighted by molar-refractivity contribution is 14.0. The lowest BCUT2D eigenvalue weighted by atomic mass is 10.2. The van der Waals surface area contributed by atoms with Crippen LogP contribution in [0.3, 0.4) is 0 Å². The van der Waals surface area contributed by atoms with E-state index < -0.39 is 0 Å². The standard InChI is InChI=1S/C19H25ClN4O2.HI/c1-4-21-19(22-11-10-14-6-9-18(20)23-13-14)24-15-7-8-16(25-3)17(12-15)26-5-2;/h6-9,12-13H,4-5,10-11H2,1-3H3,(H2,21,22,24);1H. The molecule has 0 aliphatic heterocycles. The number of ether oxygens (including phenoxy) is 2. The number of pyridine rings is 1. The molecule has 0 aliphatic rings. The highest BCUT2D eigenvalue weighted by Crippen LogP contribution is 2.30. The molecule has 0 saturated carbocycles. The predicted octanol–water partition coefficient (Wildman–Crippen LogP) is 4.38. The Labute approximate surface area is 182 Å². The minimum atomic E-state index is 0. The zero-order chi connectivity index (χ0) is 18.8. The maximum Gasteiger partial charge on any atom is 0.195 e. The number of hydrogen-bond acceptors (Lipinski definition) is 4. The topological polar surface area (TPSA) is 67.8 Å². The molecule has 1 heterocycles. The van der Waals surface area contributed by atoms with Gasteiger partial charge in [0, 0.05) is 31.0 Å². The molecular formula is C19H26ClIN4O2. The van der Waals surface area contributed by atoms with Crippen LogP contribution in [0.4, 0.5) is 5.69 Å². The van der Waals surface area contributed by atoms with E-state index in [4.69, 9.17) is 21.1 Å². The van der Waals surface area contributed by atoms with Gasteiger partial charge in [0.25, 0.3) is 0 Å². The molecular weight excluding hydrogens is 479 g/mol. The van der Waals surface area contributed by atoms with Gasteiger partial charge in [0.05, 0.1) is 13.7 Å². The molecule has 6 nitrogen and oxygen atoms in total. The maximum absolute atomic E-state index is 5.81. The van der Waals surface area contributed by atoms with Gasteiger partial charge in [-0.1, -0.05) is 17.7 Å². The molecule has 2 aromatic rings. The number of aliphatic imine (C=N–C) groups is 1. The number of guanidine groups is 1. The minimum absolute atomic E-state index is 0. The number of hydrogen-bond donors (Lipinski definition) is 2. The van der Waals surface area contributed by atoms with Crippen LogP contribution in [0, 0.1) is 0 Å². The second-order valence-corrected chi connectivity index (χ2v) is 5.81. The number of rotatable bonds is 8. The quantitative estimate of drug-likeness (QED) is 0.242. The third-order valence-electron chi connectivity index (χ3n) is 3.53. The predicted molar refractivity (Wildman–Crippen MR) is 122 cm³/mol. The molecule has 1 aromatic carbocycles. The first-order chi connectivity index (χ1) is 12.7. The Morgan fingerprint density at radius 1 is 1.19 bits per heavy atom. The van der Waals surface area contributed by atoms with Gasteiger partial charge in [-0.05, 0) is 44.0 Å². The Hall–Kier alpha value is -1.74. The van der Waals surface area contributed by atoms with Gasteiger partial charge in [0.2, 0.25) is 0 Å². The molecule has 0 bridgehead atoms. The monoisotopic (exact) mass is 504 g/mol. The molecule has 0 saturated heterocycles. The van der Waals surface area contributed by atoms with Gasteiger partial charge in [-0.3, -0.25) is 4.99 Å². The van der Waals surface area contributed by atoms with Crippen molar-refractivity contribution in [3.05, 3.63) is 47.2 Å². The van der Waals surface area contributed by atoms with Crippen molar-refractivity contribution in [2.45, 2.75) is 20.3 Å². The third kappa shape index (κ3) is 7.80. The Kier molecular flexibility index (Phi) is 10.9. The average Bonchev–Trinajstić information content (AvgIpc) is 2.64. The molecule has 0 atom stereocenters. The lowest BCUT2D eigenvalue weighted by Gasteiger charge is -2.14. The van der Waals surface area contributed by atoms with Crippen molar-refractivity contribution in [1.82, 2.24) is 10.3 Å². The Balaban J connectivity index is 0.00000364. The van der Waals surface area contributed by atoms with Gasteiger partial charge in [-0.2, -0.15) is 0 Å². The molecule has 0 amide bonds. The summed E-state index contributed by atoms with van der Waals surface area (Å²) in [6.07, 6.45) is 2.56. The number of nitrogens with one attached hydrogen (secondary N) is 2. The molecule has 0 spiro atoms. The van der Waals surface area contributed by atoms with E-state index in [1.165, 1.54) is 0 Å². The Bertz CT molecular complexity index is 726. The van der Waals surface area contributed by atoms with Crippen LogP contribution in [-0.4, -0.2) is 37.7 Å². The van der Waals surface area contributed by atoms with Crippen molar-refractivity contribution in [3.63, 3.8) is 0 Å². The number of benzene rings is 1. The van der Waals surface area contributed by atoms with Gasteiger partial charge < -0.3 is 20.1 Å². The SMILES string of the molecule is CCNC(=NCCc1ccc(Cl)nc1)Nc1ccc(OC)c(OCC)c1.I. The van der Waals surface area contributed by atoms with E-state index in [1.807, 2.05) is 38.1 Å². The number of anilines is 1. The number of halogens is 2. The lowest BCUT2D eigenvalue weighted by molar-refractivity contribution is 0.311. The summed E-state index contributed by atoms with van der Waals surface area (Å²) in [4.78, 5) is 8.69.